The van der Waals surface area contributed by atoms with Gasteiger partial charge in [0.05, 0.1) is 11.1 Å². The molecular formula is C14H14Br2F3NO. The van der Waals surface area contributed by atoms with E-state index >= 15 is 0 Å². The fourth-order valence-corrected chi connectivity index (χ4v) is 3.13. The number of alkyl halides is 4. The third-order valence-corrected chi connectivity index (χ3v) is 5.66. The van der Waals surface area contributed by atoms with Gasteiger partial charge in [0.2, 0.25) is 0 Å². The van der Waals surface area contributed by atoms with Crippen molar-refractivity contribution < 1.29 is 18.0 Å². The summed E-state index contributed by atoms with van der Waals surface area (Å²) in [5.41, 5.74) is -0.748. The van der Waals surface area contributed by atoms with E-state index in [1.54, 1.807) is 4.90 Å². The summed E-state index contributed by atoms with van der Waals surface area (Å²) in [4.78, 5) is 14.4. The Bertz CT molecular complexity index is 548. The topological polar surface area (TPSA) is 20.3 Å². The van der Waals surface area contributed by atoms with Crippen molar-refractivity contribution in [2.75, 3.05) is 13.1 Å². The van der Waals surface area contributed by atoms with Crippen LogP contribution in [0.15, 0.2) is 22.7 Å². The average molecular weight is 429 g/mol. The Morgan fingerprint density at radius 3 is 2.62 bits per heavy atom. The first kappa shape index (κ1) is 16.8. The van der Waals surface area contributed by atoms with Crippen molar-refractivity contribution in [2.24, 2.45) is 5.92 Å². The van der Waals surface area contributed by atoms with E-state index in [-0.39, 0.29) is 17.4 Å². The van der Waals surface area contributed by atoms with Crippen LogP contribution in [-0.4, -0.2) is 28.7 Å². The summed E-state index contributed by atoms with van der Waals surface area (Å²) in [6, 6.07) is 3.15. The molecule has 1 saturated heterocycles. The van der Waals surface area contributed by atoms with Crippen molar-refractivity contribution in [1.29, 1.82) is 0 Å². The zero-order valence-corrected chi connectivity index (χ0v) is 14.4. The Balaban J connectivity index is 2.27. The van der Waals surface area contributed by atoms with Crippen LogP contribution in [0.4, 0.5) is 13.2 Å². The Kier molecular flexibility index (Phi) is 5.03. The molecule has 0 radical (unpaired) electrons. The van der Waals surface area contributed by atoms with Gasteiger partial charge in [-0.1, -0.05) is 22.9 Å². The lowest BCUT2D eigenvalue weighted by molar-refractivity contribution is -0.137. The minimum absolute atomic E-state index is 0.0602. The van der Waals surface area contributed by atoms with Crippen LogP contribution in [0.2, 0.25) is 0 Å². The van der Waals surface area contributed by atoms with Crippen LogP contribution in [0.1, 0.15) is 29.3 Å². The van der Waals surface area contributed by atoms with E-state index < -0.39 is 11.7 Å². The van der Waals surface area contributed by atoms with Gasteiger partial charge in [0.25, 0.3) is 5.91 Å². The smallest absolute Gasteiger partial charge is 0.338 e. The van der Waals surface area contributed by atoms with Crippen LogP contribution in [0.25, 0.3) is 0 Å². The number of benzene rings is 1. The molecule has 21 heavy (non-hydrogen) atoms. The van der Waals surface area contributed by atoms with Crippen molar-refractivity contribution in [2.45, 2.75) is 24.3 Å². The molecule has 0 aliphatic carbocycles. The third-order valence-electron chi connectivity index (χ3n) is 3.61. The normalized spacial score (nSPS) is 23.2. The van der Waals surface area contributed by atoms with Gasteiger partial charge in [-0.2, -0.15) is 13.2 Å². The minimum atomic E-state index is -4.45. The molecule has 2 nitrogen and oxygen atoms in total. The van der Waals surface area contributed by atoms with Gasteiger partial charge in [-0.25, -0.2) is 0 Å². The maximum absolute atomic E-state index is 12.8. The molecule has 1 aliphatic rings. The Morgan fingerprint density at radius 2 is 2.05 bits per heavy atom. The van der Waals surface area contributed by atoms with Gasteiger partial charge in [-0.15, -0.1) is 0 Å². The van der Waals surface area contributed by atoms with Crippen molar-refractivity contribution in [3.8, 4) is 0 Å². The van der Waals surface area contributed by atoms with Gasteiger partial charge in [0, 0.05) is 22.4 Å². The minimum Gasteiger partial charge on any atom is -0.338 e. The molecule has 0 bridgehead atoms. The first-order valence-corrected chi connectivity index (χ1v) is 8.21. The Morgan fingerprint density at radius 1 is 1.38 bits per heavy atom. The van der Waals surface area contributed by atoms with Gasteiger partial charge >= 0.3 is 6.18 Å². The fourth-order valence-electron chi connectivity index (χ4n) is 2.34. The zero-order chi connectivity index (χ0) is 15.8. The number of hydrogen-bond acceptors (Lipinski definition) is 1. The molecule has 0 spiro atoms. The largest absolute Gasteiger partial charge is 0.416 e. The van der Waals surface area contributed by atoms with Gasteiger partial charge in [-0.3, -0.25) is 4.79 Å². The first-order valence-electron chi connectivity index (χ1n) is 6.50. The van der Waals surface area contributed by atoms with Crippen LogP contribution >= 0.6 is 31.9 Å². The first-order chi connectivity index (χ1) is 9.70. The van der Waals surface area contributed by atoms with Gasteiger partial charge in [0.15, 0.2) is 0 Å². The summed E-state index contributed by atoms with van der Waals surface area (Å²) in [5.74, 6) is -0.0912. The molecule has 1 aromatic rings. The monoisotopic (exact) mass is 427 g/mol. The molecule has 1 amide bonds. The summed E-state index contributed by atoms with van der Waals surface area (Å²) in [6.07, 6.45) is -3.66. The van der Waals surface area contributed by atoms with Crippen LogP contribution in [0.5, 0.6) is 0 Å². The van der Waals surface area contributed by atoms with E-state index in [9.17, 15) is 18.0 Å². The van der Waals surface area contributed by atoms with Crippen molar-refractivity contribution in [1.82, 2.24) is 4.90 Å². The summed E-state index contributed by atoms with van der Waals surface area (Å²) in [7, 11) is 0. The summed E-state index contributed by atoms with van der Waals surface area (Å²) >= 11 is 6.71. The van der Waals surface area contributed by atoms with Crippen LogP contribution < -0.4 is 0 Å². The third kappa shape index (κ3) is 3.80. The lowest BCUT2D eigenvalue weighted by Gasteiger charge is -2.34. The standard InChI is InChI=1S/C14H14Br2F3NO/c1-8-7-20(5-4-11(8)15)13(21)10-6-9(14(17,18)19)2-3-12(10)16/h2-3,6,8,11H,4-5,7H2,1H3. The van der Waals surface area contributed by atoms with Crippen LogP contribution in [0.3, 0.4) is 0 Å². The summed E-state index contributed by atoms with van der Waals surface area (Å²) in [5, 5.41) is 0. The van der Waals surface area contributed by atoms with Crippen molar-refractivity contribution in [3.63, 3.8) is 0 Å². The number of halogens is 5. The molecule has 0 N–H and O–H groups in total. The number of piperidine rings is 1. The average Bonchev–Trinajstić information content (AvgIpc) is 2.40. The van der Waals surface area contributed by atoms with Crippen LogP contribution in [-0.2, 0) is 6.18 Å². The second kappa shape index (κ2) is 6.28. The Hall–Kier alpha value is -0.560. The van der Waals surface area contributed by atoms with E-state index in [4.69, 9.17) is 0 Å². The second-order valence-electron chi connectivity index (χ2n) is 5.23. The Labute approximate surface area is 137 Å². The molecule has 2 rings (SSSR count). The highest BCUT2D eigenvalue weighted by atomic mass is 79.9. The molecule has 1 fully saturated rings. The molecule has 7 heteroatoms. The van der Waals surface area contributed by atoms with E-state index in [1.807, 2.05) is 6.92 Å². The van der Waals surface area contributed by atoms with E-state index in [1.165, 1.54) is 6.07 Å². The number of carbonyl (C=O) groups excluding carboxylic acids is 1. The molecule has 0 aromatic heterocycles. The van der Waals surface area contributed by atoms with E-state index in [0.717, 1.165) is 18.6 Å². The predicted molar refractivity (Wildman–Crippen MR) is 81.5 cm³/mol. The highest BCUT2D eigenvalue weighted by Gasteiger charge is 2.33. The molecular weight excluding hydrogens is 415 g/mol. The molecule has 2 unspecified atom stereocenters. The maximum Gasteiger partial charge on any atom is 0.416 e. The predicted octanol–water partition coefficient (Wildman–Crippen LogP) is 4.71. The maximum atomic E-state index is 12.8. The second-order valence-corrected chi connectivity index (χ2v) is 7.26. The van der Waals surface area contributed by atoms with E-state index in [0.29, 0.717) is 22.4 Å². The highest BCUT2D eigenvalue weighted by Crippen LogP contribution is 2.33. The zero-order valence-electron chi connectivity index (χ0n) is 11.3. The quantitative estimate of drug-likeness (QED) is 0.593. The molecule has 116 valence electrons. The summed E-state index contributed by atoms with van der Waals surface area (Å²) in [6.45, 7) is 3.10. The van der Waals surface area contributed by atoms with Gasteiger partial charge < -0.3 is 4.90 Å². The number of carbonyl (C=O) groups is 1. The number of amides is 1. The number of hydrogen-bond donors (Lipinski definition) is 0. The SMILES string of the molecule is CC1CN(C(=O)c2cc(C(F)(F)F)ccc2Br)CCC1Br. The molecule has 1 aromatic carbocycles. The van der Waals surface area contributed by atoms with Gasteiger partial charge in [0.1, 0.15) is 0 Å². The number of likely N-dealkylation sites (tertiary alicyclic amines) is 1. The van der Waals surface area contributed by atoms with Gasteiger partial charge in [-0.05, 0) is 46.5 Å². The lowest BCUT2D eigenvalue weighted by atomic mass is 9.99. The number of rotatable bonds is 1. The molecule has 2 atom stereocenters. The van der Waals surface area contributed by atoms with E-state index in [2.05, 4.69) is 31.9 Å². The van der Waals surface area contributed by atoms with Crippen LogP contribution in [0, 0.1) is 5.92 Å². The highest BCUT2D eigenvalue weighted by molar-refractivity contribution is 9.10. The molecule has 1 aliphatic heterocycles. The molecule has 1 heterocycles. The molecule has 0 saturated carbocycles. The summed E-state index contributed by atoms with van der Waals surface area (Å²) < 4.78 is 38.7. The fraction of sp³-hybridized carbons (Fsp3) is 0.500. The number of nitrogens with zero attached hydrogens (tertiary/aromatic N) is 1. The lowest BCUT2D eigenvalue weighted by Crippen LogP contribution is -2.43. The van der Waals surface area contributed by atoms with Crippen molar-refractivity contribution >= 4 is 37.8 Å². The van der Waals surface area contributed by atoms with Crippen molar-refractivity contribution in [3.05, 3.63) is 33.8 Å².